The van der Waals surface area contributed by atoms with Crippen molar-refractivity contribution in [1.82, 2.24) is 10.3 Å². The highest BCUT2D eigenvalue weighted by Gasteiger charge is 2.33. The van der Waals surface area contributed by atoms with Gasteiger partial charge in [0.25, 0.3) is 5.91 Å². The zero-order valence-electron chi connectivity index (χ0n) is 21.4. The van der Waals surface area contributed by atoms with Gasteiger partial charge in [-0.25, -0.2) is 13.4 Å². The van der Waals surface area contributed by atoms with E-state index in [4.69, 9.17) is 0 Å². The van der Waals surface area contributed by atoms with Crippen LogP contribution in [0.5, 0.6) is 0 Å². The Labute approximate surface area is 209 Å². The lowest BCUT2D eigenvalue weighted by Gasteiger charge is -2.30. The van der Waals surface area contributed by atoms with Gasteiger partial charge < -0.3 is 15.7 Å². The molecule has 1 fully saturated rings. The van der Waals surface area contributed by atoms with E-state index in [0.717, 1.165) is 16.3 Å². The molecule has 3 rings (SSSR count). The first-order chi connectivity index (χ1) is 16.3. The highest BCUT2D eigenvalue weighted by molar-refractivity contribution is 7.93. The fourth-order valence-corrected chi connectivity index (χ4v) is 4.82. The minimum Gasteiger partial charge on any atom is -0.388 e. The lowest BCUT2D eigenvalue weighted by molar-refractivity contribution is 0.0350. The zero-order chi connectivity index (χ0) is 26.0. The van der Waals surface area contributed by atoms with Crippen LogP contribution >= 0.6 is 0 Å². The van der Waals surface area contributed by atoms with Crippen LogP contribution in [0.1, 0.15) is 57.0 Å². The number of pyridine rings is 1. The summed E-state index contributed by atoms with van der Waals surface area (Å²) in [7, 11) is -2.19. The van der Waals surface area contributed by atoms with Crippen LogP contribution in [0.25, 0.3) is 0 Å². The molecule has 3 N–H and O–H groups in total. The Kier molecular flexibility index (Phi) is 8.11. The fraction of sp³-hybridized carbons (Fsp3) is 0.538. The quantitative estimate of drug-likeness (QED) is 0.434. The molecular formula is C26H38N4O4S. The molecular weight excluding hydrogens is 464 g/mol. The number of nitrogens with zero attached hydrogens (tertiary/aromatic N) is 2. The van der Waals surface area contributed by atoms with Crippen LogP contribution in [0.15, 0.2) is 42.5 Å². The molecule has 2 aromatic rings. The maximum Gasteiger partial charge on any atom is 0.251 e. The minimum absolute atomic E-state index is 0.167. The number of hydrogen-bond acceptors (Lipinski definition) is 6. The number of aromatic nitrogens is 1. The second kappa shape index (κ2) is 10.5. The molecule has 1 heterocycles. The maximum absolute atomic E-state index is 13.4. The largest absolute Gasteiger partial charge is 0.388 e. The summed E-state index contributed by atoms with van der Waals surface area (Å²) >= 11 is 0. The lowest BCUT2D eigenvalue weighted by atomic mass is 9.92. The third kappa shape index (κ3) is 6.95. The molecule has 2 unspecified atom stereocenters. The molecule has 9 heteroatoms. The van der Waals surface area contributed by atoms with Gasteiger partial charge in [-0.05, 0) is 70.1 Å². The van der Waals surface area contributed by atoms with Crippen molar-refractivity contribution in [1.29, 1.82) is 0 Å². The van der Waals surface area contributed by atoms with Crippen LogP contribution in [0.4, 0.5) is 11.6 Å². The summed E-state index contributed by atoms with van der Waals surface area (Å²) in [6, 6.07) is 12.2. The topological polar surface area (TPSA) is 112 Å². The lowest BCUT2D eigenvalue weighted by Crippen LogP contribution is -2.50. The van der Waals surface area contributed by atoms with E-state index < -0.39 is 32.8 Å². The smallest absolute Gasteiger partial charge is 0.251 e. The molecule has 0 aliphatic heterocycles. The van der Waals surface area contributed by atoms with Crippen molar-refractivity contribution in [2.24, 2.45) is 11.8 Å². The first-order valence-electron chi connectivity index (χ1n) is 12.1. The van der Waals surface area contributed by atoms with Crippen LogP contribution in [-0.4, -0.2) is 54.9 Å². The molecule has 1 saturated carbocycles. The van der Waals surface area contributed by atoms with Crippen molar-refractivity contribution in [2.45, 2.75) is 64.4 Å². The summed E-state index contributed by atoms with van der Waals surface area (Å²) in [5, 5.41) is 16.3. The number of aliphatic hydroxyl groups is 1. The monoisotopic (exact) mass is 502 g/mol. The average Bonchev–Trinajstić information content (AvgIpc) is 3.51. The first kappa shape index (κ1) is 26.9. The van der Waals surface area contributed by atoms with Gasteiger partial charge in [0.2, 0.25) is 10.0 Å². The number of amides is 1. The molecule has 1 amide bonds. The predicted octanol–water partition coefficient (Wildman–Crippen LogP) is 3.44. The third-order valence-corrected chi connectivity index (χ3v) is 8.78. The van der Waals surface area contributed by atoms with E-state index in [9.17, 15) is 18.3 Å². The van der Waals surface area contributed by atoms with Crippen molar-refractivity contribution in [2.75, 3.05) is 23.2 Å². The Bertz CT molecular complexity index is 1130. The molecule has 1 aromatic carbocycles. The van der Waals surface area contributed by atoms with E-state index >= 15 is 0 Å². The summed E-state index contributed by atoms with van der Waals surface area (Å²) in [6.45, 7) is 9.42. The van der Waals surface area contributed by atoms with Crippen molar-refractivity contribution in [3.05, 3.63) is 53.6 Å². The second-order valence-corrected chi connectivity index (χ2v) is 12.9. The Hall–Kier alpha value is -2.65. The Morgan fingerprint density at radius 3 is 2.40 bits per heavy atom. The fourth-order valence-electron chi connectivity index (χ4n) is 3.83. The molecule has 1 aliphatic carbocycles. The van der Waals surface area contributed by atoms with Gasteiger partial charge in [-0.15, -0.1) is 0 Å². The van der Waals surface area contributed by atoms with Gasteiger partial charge in [0.1, 0.15) is 11.6 Å². The van der Waals surface area contributed by atoms with E-state index in [2.05, 4.69) is 22.5 Å². The van der Waals surface area contributed by atoms with Gasteiger partial charge in [-0.1, -0.05) is 37.3 Å². The molecule has 35 heavy (non-hydrogen) atoms. The molecule has 0 bridgehead atoms. The Morgan fingerprint density at radius 2 is 1.86 bits per heavy atom. The average molecular weight is 503 g/mol. The number of carbonyl (C=O) groups is 1. The number of nitrogens with one attached hydrogen (secondary N) is 2. The zero-order valence-corrected chi connectivity index (χ0v) is 22.3. The van der Waals surface area contributed by atoms with Crippen molar-refractivity contribution < 1.29 is 18.3 Å². The van der Waals surface area contributed by atoms with Crippen LogP contribution in [-0.2, 0) is 16.4 Å². The standard InChI is InChI=1S/C26H38N4O4S/c1-17(2)35(33,34)30(6)24-15-20(14-23(29-24)27-16-21-12-18(21)3)25(31)28-22(26(4,5)32)13-19-10-8-7-9-11-19/h7-11,14-15,17-18,21-22,32H,12-13,16H2,1-6H3,(H,27,29)(H,28,31)/t18?,21?,22-/m0/s1. The van der Waals surface area contributed by atoms with Gasteiger partial charge in [0.05, 0.1) is 16.9 Å². The molecule has 0 radical (unpaired) electrons. The van der Waals surface area contributed by atoms with Crippen LogP contribution in [0.3, 0.4) is 0 Å². The van der Waals surface area contributed by atoms with Gasteiger partial charge in [0.15, 0.2) is 0 Å². The molecule has 0 spiro atoms. The highest BCUT2D eigenvalue weighted by Crippen LogP contribution is 2.37. The third-order valence-electron chi connectivity index (χ3n) is 6.64. The Morgan fingerprint density at radius 1 is 1.23 bits per heavy atom. The molecule has 1 aliphatic rings. The van der Waals surface area contributed by atoms with Gasteiger partial charge >= 0.3 is 0 Å². The number of hydrogen-bond donors (Lipinski definition) is 3. The molecule has 192 valence electrons. The SMILES string of the molecule is CC1CC1CNc1cc(C(=O)N[C@@H](Cc2ccccc2)C(C)(C)O)cc(N(C)S(=O)(=O)C(C)C)n1. The summed E-state index contributed by atoms with van der Waals surface area (Å²) in [6.07, 6.45) is 1.58. The molecule has 1 aromatic heterocycles. The summed E-state index contributed by atoms with van der Waals surface area (Å²) in [5.74, 6) is 1.39. The summed E-state index contributed by atoms with van der Waals surface area (Å²) < 4.78 is 26.7. The number of rotatable bonds is 11. The Balaban J connectivity index is 1.90. The van der Waals surface area contributed by atoms with Crippen LogP contribution < -0.4 is 14.9 Å². The number of sulfonamides is 1. The predicted molar refractivity (Wildman–Crippen MR) is 140 cm³/mol. The molecule has 8 nitrogen and oxygen atoms in total. The number of anilines is 2. The van der Waals surface area contributed by atoms with Gasteiger partial charge in [-0.2, -0.15) is 0 Å². The molecule has 0 saturated heterocycles. The van der Waals surface area contributed by atoms with E-state index in [-0.39, 0.29) is 11.4 Å². The molecule has 3 atom stereocenters. The normalized spacial score (nSPS) is 18.7. The summed E-state index contributed by atoms with van der Waals surface area (Å²) in [5.41, 5.74) is 0.0796. The van der Waals surface area contributed by atoms with Crippen molar-refractivity contribution in [3.8, 4) is 0 Å². The van der Waals surface area contributed by atoms with E-state index in [1.807, 2.05) is 30.3 Å². The van der Waals surface area contributed by atoms with Crippen molar-refractivity contribution >= 4 is 27.6 Å². The maximum atomic E-state index is 13.4. The second-order valence-electron chi connectivity index (χ2n) is 10.4. The highest BCUT2D eigenvalue weighted by atomic mass is 32.2. The van der Waals surface area contributed by atoms with E-state index in [0.29, 0.717) is 30.6 Å². The number of carbonyl (C=O) groups excluding carboxylic acids is 1. The van der Waals surface area contributed by atoms with Gasteiger partial charge in [0, 0.05) is 19.2 Å². The minimum atomic E-state index is -3.63. The van der Waals surface area contributed by atoms with E-state index in [1.54, 1.807) is 33.8 Å². The van der Waals surface area contributed by atoms with Gasteiger partial charge in [-0.3, -0.25) is 9.10 Å². The summed E-state index contributed by atoms with van der Waals surface area (Å²) in [4.78, 5) is 17.9. The van der Waals surface area contributed by atoms with E-state index in [1.165, 1.54) is 13.1 Å². The first-order valence-corrected chi connectivity index (χ1v) is 13.6. The van der Waals surface area contributed by atoms with Crippen LogP contribution in [0, 0.1) is 11.8 Å². The van der Waals surface area contributed by atoms with Crippen molar-refractivity contribution in [3.63, 3.8) is 0 Å². The van der Waals surface area contributed by atoms with Crippen LogP contribution in [0.2, 0.25) is 0 Å². The number of benzene rings is 1.